The fourth-order valence-corrected chi connectivity index (χ4v) is 2.52. The largest absolute Gasteiger partial charge is 0.381 e. The monoisotopic (exact) mass is 338 g/mol. The summed E-state index contributed by atoms with van der Waals surface area (Å²) in [5.74, 6) is 0.376. The van der Waals surface area contributed by atoms with Gasteiger partial charge in [0.15, 0.2) is 5.82 Å². The predicted octanol–water partition coefficient (Wildman–Crippen LogP) is 2.96. The van der Waals surface area contributed by atoms with E-state index in [0.29, 0.717) is 17.9 Å². The van der Waals surface area contributed by atoms with Crippen LogP contribution in [0.2, 0.25) is 0 Å². The van der Waals surface area contributed by atoms with Crippen molar-refractivity contribution >= 4 is 17.4 Å². The Morgan fingerprint density at radius 3 is 2.76 bits per heavy atom. The molecule has 0 aliphatic rings. The van der Waals surface area contributed by atoms with Gasteiger partial charge in [-0.05, 0) is 30.7 Å². The van der Waals surface area contributed by atoms with Crippen molar-refractivity contribution in [3.63, 3.8) is 0 Å². The lowest BCUT2D eigenvalue weighted by Crippen LogP contribution is -2.12. The van der Waals surface area contributed by atoms with Gasteiger partial charge in [-0.1, -0.05) is 13.3 Å². The molecule has 130 valence electrons. The van der Waals surface area contributed by atoms with Gasteiger partial charge in [-0.3, -0.25) is 14.6 Å². The molecular weight excluding hydrogens is 316 g/mol. The fraction of sp³-hybridized carbons (Fsp3) is 0.278. The number of anilines is 2. The molecule has 3 N–H and O–H groups in total. The highest BCUT2D eigenvalue weighted by atomic mass is 16.1. The van der Waals surface area contributed by atoms with E-state index in [-0.39, 0.29) is 5.91 Å². The molecule has 0 saturated heterocycles. The van der Waals surface area contributed by atoms with Gasteiger partial charge in [-0.15, -0.1) is 0 Å². The fourth-order valence-electron chi connectivity index (χ4n) is 2.52. The minimum absolute atomic E-state index is 0.173. The van der Waals surface area contributed by atoms with E-state index in [9.17, 15) is 4.79 Å². The maximum Gasteiger partial charge on any atom is 0.256 e. The van der Waals surface area contributed by atoms with Gasteiger partial charge in [0, 0.05) is 48.4 Å². The predicted molar refractivity (Wildman–Crippen MR) is 97.5 cm³/mol. The Balaban J connectivity index is 1.56. The maximum absolute atomic E-state index is 12.3. The Bertz CT molecular complexity index is 833. The number of carbonyl (C=O) groups excluding carboxylic acids is 1. The zero-order valence-corrected chi connectivity index (χ0v) is 14.4. The highest BCUT2D eigenvalue weighted by Crippen LogP contribution is 2.13. The van der Waals surface area contributed by atoms with Crippen LogP contribution in [-0.2, 0) is 20.0 Å². The third-order valence-corrected chi connectivity index (χ3v) is 3.79. The number of amides is 1. The minimum atomic E-state index is -0.173. The van der Waals surface area contributed by atoms with Crippen molar-refractivity contribution in [2.75, 3.05) is 10.6 Å². The molecule has 7 heteroatoms. The van der Waals surface area contributed by atoms with E-state index in [0.717, 1.165) is 29.8 Å². The second-order valence-electron chi connectivity index (χ2n) is 5.94. The molecule has 0 saturated carbocycles. The van der Waals surface area contributed by atoms with Crippen LogP contribution in [0.15, 0.2) is 42.7 Å². The first kappa shape index (κ1) is 16.8. The molecule has 3 aromatic rings. The van der Waals surface area contributed by atoms with E-state index in [4.69, 9.17) is 0 Å². The molecule has 0 unspecified atom stereocenters. The van der Waals surface area contributed by atoms with E-state index in [2.05, 4.69) is 32.9 Å². The van der Waals surface area contributed by atoms with E-state index >= 15 is 0 Å². The van der Waals surface area contributed by atoms with E-state index in [1.807, 2.05) is 37.6 Å². The van der Waals surface area contributed by atoms with Crippen LogP contribution in [0.1, 0.15) is 35.0 Å². The summed E-state index contributed by atoms with van der Waals surface area (Å²) >= 11 is 0. The normalized spacial score (nSPS) is 10.6. The van der Waals surface area contributed by atoms with Crippen LogP contribution < -0.4 is 10.6 Å². The molecule has 1 aromatic carbocycles. The molecule has 2 heterocycles. The Morgan fingerprint density at radius 2 is 2.08 bits per heavy atom. The van der Waals surface area contributed by atoms with Gasteiger partial charge in [0.25, 0.3) is 5.91 Å². The van der Waals surface area contributed by atoms with Crippen molar-refractivity contribution in [3.8, 4) is 0 Å². The molecule has 0 spiro atoms. The van der Waals surface area contributed by atoms with Gasteiger partial charge in [0.05, 0.1) is 6.20 Å². The van der Waals surface area contributed by atoms with Crippen LogP contribution >= 0.6 is 0 Å². The van der Waals surface area contributed by atoms with Crippen molar-refractivity contribution in [2.45, 2.75) is 26.3 Å². The van der Waals surface area contributed by atoms with E-state index < -0.39 is 0 Å². The number of aryl methyl sites for hydroxylation is 2. The van der Waals surface area contributed by atoms with Crippen LogP contribution in [0.4, 0.5) is 11.5 Å². The average molecular weight is 338 g/mol. The molecule has 25 heavy (non-hydrogen) atoms. The molecule has 1 amide bonds. The number of nitrogens with one attached hydrogen (secondary N) is 3. The maximum atomic E-state index is 12.3. The Hall–Kier alpha value is -3.09. The van der Waals surface area contributed by atoms with E-state index in [1.54, 1.807) is 16.8 Å². The highest BCUT2D eigenvalue weighted by Gasteiger charge is 2.08. The molecule has 0 fully saturated rings. The van der Waals surface area contributed by atoms with Crippen molar-refractivity contribution in [1.29, 1.82) is 0 Å². The van der Waals surface area contributed by atoms with Gasteiger partial charge >= 0.3 is 0 Å². The molecule has 0 radical (unpaired) electrons. The molecule has 3 rings (SSSR count). The second kappa shape index (κ2) is 7.65. The van der Waals surface area contributed by atoms with Gasteiger partial charge in [-0.2, -0.15) is 10.2 Å². The van der Waals surface area contributed by atoms with Crippen LogP contribution in [0.5, 0.6) is 0 Å². The van der Waals surface area contributed by atoms with Gasteiger partial charge < -0.3 is 10.6 Å². The van der Waals surface area contributed by atoms with Crippen LogP contribution in [0, 0.1) is 0 Å². The van der Waals surface area contributed by atoms with Gasteiger partial charge in [-0.25, -0.2) is 0 Å². The summed E-state index contributed by atoms with van der Waals surface area (Å²) < 4.78 is 1.77. The van der Waals surface area contributed by atoms with Gasteiger partial charge in [0.1, 0.15) is 0 Å². The summed E-state index contributed by atoms with van der Waals surface area (Å²) in [4.78, 5) is 12.3. The van der Waals surface area contributed by atoms with Crippen molar-refractivity contribution in [1.82, 2.24) is 20.0 Å². The van der Waals surface area contributed by atoms with Crippen molar-refractivity contribution < 1.29 is 4.79 Å². The van der Waals surface area contributed by atoms with E-state index in [1.165, 1.54) is 0 Å². The molecule has 0 atom stereocenters. The summed E-state index contributed by atoms with van der Waals surface area (Å²) in [5, 5.41) is 17.3. The van der Waals surface area contributed by atoms with Crippen LogP contribution in [0.3, 0.4) is 0 Å². The molecule has 2 aromatic heterocycles. The number of H-pyrrole nitrogens is 1. The number of nitrogens with zero attached hydrogens (tertiary/aromatic N) is 3. The summed E-state index contributed by atoms with van der Waals surface area (Å²) in [6, 6.07) is 9.23. The molecule has 0 bridgehead atoms. The summed E-state index contributed by atoms with van der Waals surface area (Å²) in [5.41, 5.74) is 3.66. The minimum Gasteiger partial charge on any atom is -0.381 e. The number of hydrogen-bond acceptors (Lipinski definition) is 4. The number of aromatic amines is 1. The first-order chi connectivity index (χ1) is 12.1. The first-order valence-electron chi connectivity index (χ1n) is 8.31. The smallest absolute Gasteiger partial charge is 0.256 e. The summed E-state index contributed by atoms with van der Waals surface area (Å²) in [7, 11) is 1.89. The van der Waals surface area contributed by atoms with Crippen molar-refractivity contribution in [3.05, 3.63) is 59.5 Å². The zero-order valence-electron chi connectivity index (χ0n) is 14.4. The lowest BCUT2D eigenvalue weighted by molar-refractivity contribution is 0.102. The third-order valence-electron chi connectivity index (χ3n) is 3.79. The van der Waals surface area contributed by atoms with Gasteiger partial charge in [0.2, 0.25) is 0 Å². The second-order valence-corrected chi connectivity index (χ2v) is 5.94. The molecule has 7 nitrogen and oxygen atoms in total. The number of rotatable bonds is 7. The highest BCUT2D eigenvalue weighted by molar-refractivity contribution is 6.03. The summed E-state index contributed by atoms with van der Waals surface area (Å²) in [6.07, 6.45) is 5.74. The lowest BCUT2D eigenvalue weighted by atomic mass is 10.2. The van der Waals surface area contributed by atoms with Crippen LogP contribution in [0.25, 0.3) is 0 Å². The Kier molecular flexibility index (Phi) is 5.13. The lowest BCUT2D eigenvalue weighted by Gasteiger charge is -2.06. The average Bonchev–Trinajstić information content (AvgIpc) is 3.23. The Morgan fingerprint density at radius 1 is 1.28 bits per heavy atom. The third kappa shape index (κ3) is 4.47. The number of aromatic nitrogens is 4. The number of benzene rings is 1. The standard InChI is InChI=1S/C18H22N6O/c1-3-4-16-9-17(23-22-16)21-18(25)14-5-7-15(8-6-14)19-10-13-11-20-24(2)12-13/h5-9,11-12,19H,3-4,10H2,1-2H3,(H2,21,22,23,25). The molecular formula is C18H22N6O. The molecule has 0 aliphatic heterocycles. The first-order valence-corrected chi connectivity index (χ1v) is 8.31. The quantitative estimate of drug-likeness (QED) is 0.618. The summed E-state index contributed by atoms with van der Waals surface area (Å²) in [6.45, 7) is 2.79. The zero-order chi connectivity index (χ0) is 17.6. The Labute approximate surface area is 146 Å². The van der Waals surface area contributed by atoms with Crippen molar-refractivity contribution in [2.24, 2.45) is 7.05 Å². The SMILES string of the molecule is CCCc1cc(NC(=O)c2ccc(NCc3cnn(C)c3)cc2)n[nH]1. The number of carbonyl (C=O) groups is 1. The van der Waals surface area contributed by atoms with Crippen LogP contribution in [-0.4, -0.2) is 25.9 Å². The number of hydrogen-bond donors (Lipinski definition) is 3. The molecule has 0 aliphatic carbocycles. The topological polar surface area (TPSA) is 87.6 Å².